The number of alkyl carbamates (subject to hydrolysis) is 1. The fourth-order valence-corrected chi connectivity index (χ4v) is 5.29. The molecule has 2 aliphatic rings. The van der Waals surface area contributed by atoms with Crippen molar-refractivity contribution in [1.82, 2.24) is 10.2 Å². The number of aliphatic carboxylic acids is 1. The molecule has 2 aromatic rings. The predicted molar refractivity (Wildman–Crippen MR) is 128 cm³/mol. The summed E-state index contributed by atoms with van der Waals surface area (Å²) >= 11 is 0. The van der Waals surface area contributed by atoms with Crippen LogP contribution >= 0.6 is 0 Å². The Bertz CT molecular complexity index is 1040. The molecule has 2 amide bonds. The van der Waals surface area contributed by atoms with Gasteiger partial charge in [-0.05, 0) is 48.4 Å². The first-order valence-corrected chi connectivity index (χ1v) is 12.0. The van der Waals surface area contributed by atoms with Gasteiger partial charge in [-0.3, -0.25) is 9.59 Å². The van der Waals surface area contributed by atoms with Gasteiger partial charge in [-0.2, -0.15) is 0 Å². The fourth-order valence-electron chi connectivity index (χ4n) is 5.29. The number of piperidine rings is 1. The standard InChI is InChI=1S/C27H32N2O5/c1-3-14-27(2,25(32)29-15-8-9-18(16-29)24(30)31)28-26(33)34-17-23-21-12-6-4-10-19(21)20-11-5-7-13-22(20)23/h4-7,10-13,18,23H,3,8-9,14-17H2,1-2H3,(H,28,33)(H,30,31)/t18-,27?/m0/s1. The minimum Gasteiger partial charge on any atom is -0.481 e. The van der Waals surface area contributed by atoms with E-state index in [1.54, 1.807) is 11.8 Å². The Hall–Kier alpha value is -3.35. The van der Waals surface area contributed by atoms with Gasteiger partial charge >= 0.3 is 12.1 Å². The molecule has 2 atom stereocenters. The van der Waals surface area contributed by atoms with Crippen LogP contribution in [0.3, 0.4) is 0 Å². The molecule has 0 radical (unpaired) electrons. The van der Waals surface area contributed by atoms with Crippen LogP contribution in [-0.2, 0) is 14.3 Å². The number of carboxylic acids is 1. The number of carbonyl (C=O) groups excluding carboxylic acids is 2. The third kappa shape index (κ3) is 4.65. The molecule has 0 spiro atoms. The first-order chi connectivity index (χ1) is 16.3. The molecular formula is C27H32N2O5. The number of hydrogen-bond acceptors (Lipinski definition) is 4. The number of fused-ring (bicyclic) bond motifs is 3. The summed E-state index contributed by atoms with van der Waals surface area (Å²) in [7, 11) is 0. The highest BCUT2D eigenvalue weighted by molar-refractivity contribution is 5.90. The van der Waals surface area contributed by atoms with Gasteiger partial charge in [0.1, 0.15) is 12.1 Å². The molecule has 1 unspecified atom stereocenters. The SMILES string of the molecule is CCCC(C)(NC(=O)OCC1c2ccccc2-c2ccccc21)C(=O)N1CCC[C@H](C(=O)O)C1. The van der Waals surface area contributed by atoms with Crippen molar-refractivity contribution < 1.29 is 24.2 Å². The molecule has 0 bridgehead atoms. The number of hydrogen-bond donors (Lipinski definition) is 2. The minimum absolute atomic E-state index is 0.0651. The highest BCUT2D eigenvalue weighted by Crippen LogP contribution is 2.44. The molecule has 1 saturated heterocycles. The highest BCUT2D eigenvalue weighted by Gasteiger charge is 2.40. The van der Waals surface area contributed by atoms with Gasteiger partial charge in [0.15, 0.2) is 0 Å². The third-order valence-electron chi connectivity index (χ3n) is 7.00. The zero-order valence-electron chi connectivity index (χ0n) is 19.8. The molecule has 1 aliphatic carbocycles. The molecule has 4 rings (SSSR count). The van der Waals surface area contributed by atoms with E-state index in [4.69, 9.17) is 4.74 Å². The lowest BCUT2D eigenvalue weighted by Crippen LogP contribution is -2.59. The third-order valence-corrected chi connectivity index (χ3v) is 7.00. The van der Waals surface area contributed by atoms with Crippen LogP contribution in [0.15, 0.2) is 48.5 Å². The van der Waals surface area contributed by atoms with E-state index in [0.29, 0.717) is 32.2 Å². The van der Waals surface area contributed by atoms with Gasteiger partial charge in [0.2, 0.25) is 5.91 Å². The lowest BCUT2D eigenvalue weighted by atomic mass is 9.91. The van der Waals surface area contributed by atoms with Gasteiger partial charge in [-0.25, -0.2) is 4.79 Å². The number of carboxylic acid groups (broad SMARTS) is 1. The summed E-state index contributed by atoms with van der Waals surface area (Å²) in [6, 6.07) is 16.2. The number of rotatable bonds is 7. The van der Waals surface area contributed by atoms with Gasteiger partial charge in [0.25, 0.3) is 0 Å². The van der Waals surface area contributed by atoms with Crippen LogP contribution < -0.4 is 5.32 Å². The zero-order chi connectivity index (χ0) is 24.3. The largest absolute Gasteiger partial charge is 0.481 e. The lowest BCUT2D eigenvalue weighted by Gasteiger charge is -2.38. The molecule has 7 nitrogen and oxygen atoms in total. The number of likely N-dealkylation sites (tertiary alicyclic amines) is 1. The van der Waals surface area contributed by atoms with Crippen molar-refractivity contribution >= 4 is 18.0 Å². The molecule has 180 valence electrons. The summed E-state index contributed by atoms with van der Waals surface area (Å²) in [6.45, 7) is 4.47. The van der Waals surface area contributed by atoms with Crippen molar-refractivity contribution in [3.8, 4) is 11.1 Å². The number of carbonyl (C=O) groups is 3. The van der Waals surface area contributed by atoms with Crippen molar-refractivity contribution in [3.05, 3.63) is 59.7 Å². The fraction of sp³-hybridized carbons (Fsp3) is 0.444. The summed E-state index contributed by atoms with van der Waals surface area (Å²) in [4.78, 5) is 39.2. The average molecular weight is 465 g/mol. The highest BCUT2D eigenvalue weighted by atomic mass is 16.5. The predicted octanol–water partition coefficient (Wildman–Crippen LogP) is 4.41. The van der Waals surface area contributed by atoms with E-state index in [9.17, 15) is 19.5 Å². The molecule has 2 N–H and O–H groups in total. The Morgan fingerprint density at radius 1 is 1.09 bits per heavy atom. The van der Waals surface area contributed by atoms with Gasteiger partial charge in [-0.1, -0.05) is 61.9 Å². The molecule has 0 saturated carbocycles. The molecule has 0 aromatic heterocycles. The zero-order valence-corrected chi connectivity index (χ0v) is 19.8. The maximum Gasteiger partial charge on any atom is 0.408 e. The Balaban J connectivity index is 1.44. The van der Waals surface area contributed by atoms with E-state index in [1.165, 1.54) is 0 Å². The molecule has 7 heteroatoms. The molecule has 2 aromatic carbocycles. The van der Waals surface area contributed by atoms with Gasteiger partial charge in [-0.15, -0.1) is 0 Å². The van der Waals surface area contributed by atoms with Crippen LogP contribution in [-0.4, -0.2) is 53.2 Å². The summed E-state index contributed by atoms with van der Waals surface area (Å²) in [5.74, 6) is -1.78. The van der Waals surface area contributed by atoms with Crippen LogP contribution in [0.25, 0.3) is 11.1 Å². The second-order valence-electron chi connectivity index (χ2n) is 9.46. The van der Waals surface area contributed by atoms with Gasteiger partial charge in [0.05, 0.1) is 5.92 Å². The van der Waals surface area contributed by atoms with Crippen LogP contribution in [0, 0.1) is 5.92 Å². The number of nitrogens with one attached hydrogen (secondary N) is 1. The molecule has 1 aliphatic heterocycles. The van der Waals surface area contributed by atoms with E-state index in [1.807, 2.05) is 31.2 Å². The second kappa shape index (κ2) is 9.87. The number of benzene rings is 2. The van der Waals surface area contributed by atoms with Gasteiger partial charge < -0.3 is 20.1 Å². The van der Waals surface area contributed by atoms with Crippen LogP contribution in [0.1, 0.15) is 56.6 Å². The van der Waals surface area contributed by atoms with Gasteiger partial charge in [0, 0.05) is 19.0 Å². The number of amides is 2. The Labute approximate surface area is 200 Å². The van der Waals surface area contributed by atoms with Crippen molar-refractivity contribution in [2.45, 2.75) is 51.0 Å². The minimum atomic E-state index is -1.16. The van der Waals surface area contributed by atoms with E-state index < -0.39 is 23.5 Å². The van der Waals surface area contributed by atoms with Crippen LogP contribution in [0.2, 0.25) is 0 Å². The first kappa shape index (κ1) is 23.8. The average Bonchev–Trinajstić information content (AvgIpc) is 3.16. The Kier molecular flexibility index (Phi) is 6.91. The van der Waals surface area contributed by atoms with Crippen molar-refractivity contribution in [2.75, 3.05) is 19.7 Å². The number of nitrogens with zero attached hydrogens (tertiary/aromatic N) is 1. The van der Waals surface area contributed by atoms with Crippen LogP contribution in [0.4, 0.5) is 4.79 Å². The Morgan fingerprint density at radius 3 is 2.29 bits per heavy atom. The summed E-state index contributed by atoms with van der Waals surface area (Å²) < 4.78 is 5.66. The number of ether oxygens (including phenoxy) is 1. The summed E-state index contributed by atoms with van der Waals surface area (Å²) in [5, 5.41) is 12.2. The Morgan fingerprint density at radius 2 is 1.71 bits per heavy atom. The normalized spacial score (nSPS) is 19.0. The molecule has 34 heavy (non-hydrogen) atoms. The van der Waals surface area contributed by atoms with E-state index in [0.717, 1.165) is 22.3 Å². The van der Waals surface area contributed by atoms with E-state index >= 15 is 0 Å². The second-order valence-corrected chi connectivity index (χ2v) is 9.46. The van der Waals surface area contributed by atoms with E-state index in [2.05, 4.69) is 29.6 Å². The van der Waals surface area contributed by atoms with Crippen molar-refractivity contribution in [3.63, 3.8) is 0 Å². The van der Waals surface area contributed by atoms with Crippen molar-refractivity contribution in [1.29, 1.82) is 0 Å². The quantitative estimate of drug-likeness (QED) is 0.633. The maximum absolute atomic E-state index is 13.4. The molecule has 1 heterocycles. The lowest BCUT2D eigenvalue weighted by molar-refractivity contribution is -0.147. The molecule has 1 fully saturated rings. The maximum atomic E-state index is 13.4. The van der Waals surface area contributed by atoms with E-state index in [-0.39, 0.29) is 25.0 Å². The monoisotopic (exact) mass is 464 g/mol. The summed E-state index contributed by atoms with van der Waals surface area (Å²) in [6.07, 6.45) is 1.67. The molecular weight excluding hydrogens is 432 g/mol. The smallest absolute Gasteiger partial charge is 0.408 e. The van der Waals surface area contributed by atoms with Crippen LogP contribution in [0.5, 0.6) is 0 Å². The first-order valence-electron chi connectivity index (χ1n) is 12.0. The topological polar surface area (TPSA) is 95.9 Å². The summed E-state index contributed by atoms with van der Waals surface area (Å²) in [5.41, 5.74) is 3.39. The van der Waals surface area contributed by atoms with Crippen molar-refractivity contribution in [2.24, 2.45) is 5.92 Å².